The van der Waals surface area contributed by atoms with Crippen LogP contribution in [0, 0.1) is 0 Å². The first-order chi connectivity index (χ1) is 16.1. The van der Waals surface area contributed by atoms with Gasteiger partial charge in [-0.2, -0.15) is 5.10 Å². The zero-order chi connectivity index (χ0) is 22.8. The predicted octanol–water partition coefficient (Wildman–Crippen LogP) is 2.25. The highest BCUT2D eigenvalue weighted by Crippen LogP contribution is 2.27. The summed E-state index contributed by atoms with van der Waals surface area (Å²) < 4.78 is 1.96. The van der Waals surface area contributed by atoms with Gasteiger partial charge in [0.25, 0.3) is 5.91 Å². The van der Waals surface area contributed by atoms with Crippen molar-refractivity contribution in [3.05, 3.63) is 93.5 Å². The van der Waals surface area contributed by atoms with E-state index < -0.39 is 5.91 Å². The van der Waals surface area contributed by atoms with E-state index in [0.29, 0.717) is 10.9 Å². The number of hydrogen-bond acceptors (Lipinski definition) is 4. The third-order valence-electron chi connectivity index (χ3n) is 5.91. The van der Waals surface area contributed by atoms with Crippen LogP contribution in [0.2, 0.25) is 0 Å². The van der Waals surface area contributed by atoms with Gasteiger partial charge in [0.05, 0.1) is 24.5 Å². The quantitative estimate of drug-likeness (QED) is 0.426. The van der Waals surface area contributed by atoms with Gasteiger partial charge in [-0.05, 0) is 49.1 Å². The maximum atomic E-state index is 12.6. The molecule has 0 unspecified atom stereocenters. The molecule has 0 aliphatic heterocycles. The molecule has 166 valence electrons. The van der Waals surface area contributed by atoms with Crippen LogP contribution in [0.5, 0.6) is 0 Å². The average Bonchev–Trinajstić information content (AvgIpc) is 3.45. The lowest BCUT2D eigenvalue weighted by atomic mass is 10.1. The van der Waals surface area contributed by atoms with Gasteiger partial charge < -0.3 is 15.6 Å². The van der Waals surface area contributed by atoms with Crippen LogP contribution in [-0.4, -0.2) is 33.1 Å². The number of nitrogens with zero attached hydrogens (tertiary/aromatic N) is 2. The first-order valence-corrected chi connectivity index (χ1v) is 10.9. The van der Waals surface area contributed by atoms with E-state index in [1.165, 1.54) is 17.5 Å². The molecule has 0 bridgehead atoms. The lowest BCUT2D eigenvalue weighted by Crippen LogP contribution is -2.38. The Morgan fingerprint density at radius 2 is 1.79 bits per heavy atom. The van der Waals surface area contributed by atoms with E-state index in [-0.39, 0.29) is 30.0 Å². The van der Waals surface area contributed by atoms with Crippen LogP contribution in [0.3, 0.4) is 0 Å². The fourth-order valence-corrected chi connectivity index (χ4v) is 4.28. The van der Waals surface area contributed by atoms with E-state index in [4.69, 9.17) is 5.10 Å². The first-order valence-electron chi connectivity index (χ1n) is 10.9. The number of pyridine rings is 1. The molecule has 0 saturated carbocycles. The van der Waals surface area contributed by atoms with E-state index in [0.717, 1.165) is 30.6 Å². The summed E-state index contributed by atoms with van der Waals surface area (Å²) in [5.74, 6) is -0.937. The zero-order valence-electron chi connectivity index (χ0n) is 17.9. The number of rotatable bonds is 6. The minimum atomic E-state index is -0.591. The molecule has 5 rings (SSSR count). The van der Waals surface area contributed by atoms with Crippen LogP contribution >= 0.6 is 0 Å². The largest absolute Gasteiger partial charge is 0.360 e. The van der Waals surface area contributed by atoms with Crippen molar-refractivity contribution in [2.45, 2.75) is 25.8 Å². The summed E-state index contributed by atoms with van der Waals surface area (Å²) in [7, 11) is 0. The summed E-state index contributed by atoms with van der Waals surface area (Å²) in [6.45, 7) is 0.0557. The fraction of sp³-hybridized carbons (Fsp3) is 0.200. The molecule has 2 aromatic carbocycles. The van der Waals surface area contributed by atoms with Crippen molar-refractivity contribution < 1.29 is 9.59 Å². The molecule has 2 heterocycles. The number of fused-ring (bicyclic) bond motifs is 2. The minimum Gasteiger partial charge on any atom is -0.360 e. The third kappa shape index (κ3) is 4.03. The molecule has 8 nitrogen and oxygen atoms in total. The Bertz CT molecular complexity index is 1400. The number of benzene rings is 2. The van der Waals surface area contributed by atoms with E-state index in [1.54, 1.807) is 24.3 Å². The number of amides is 2. The molecule has 2 aromatic heterocycles. The summed E-state index contributed by atoms with van der Waals surface area (Å²) in [5.41, 5.74) is 4.47. The van der Waals surface area contributed by atoms with Gasteiger partial charge in [0.15, 0.2) is 0 Å². The Balaban J connectivity index is 1.23. The van der Waals surface area contributed by atoms with E-state index in [1.807, 2.05) is 35.0 Å². The van der Waals surface area contributed by atoms with Crippen LogP contribution in [-0.2, 0) is 24.2 Å². The van der Waals surface area contributed by atoms with Crippen LogP contribution in [0.1, 0.15) is 33.7 Å². The van der Waals surface area contributed by atoms with E-state index in [9.17, 15) is 14.4 Å². The molecule has 0 fully saturated rings. The Labute approximate surface area is 189 Å². The molecule has 0 atom stereocenters. The van der Waals surface area contributed by atoms with Crippen molar-refractivity contribution in [2.24, 2.45) is 0 Å². The number of hydrogen-bond donors (Lipinski definition) is 3. The summed E-state index contributed by atoms with van der Waals surface area (Å²) in [4.78, 5) is 40.4. The predicted molar refractivity (Wildman–Crippen MR) is 124 cm³/mol. The van der Waals surface area contributed by atoms with Gasteiger partial charge in [-0.15, -0.1) is 0 Å². The summed E-state index contributed by atoms with van der Waals surface area (Å²) in [5, 5.41) is 10.5. The second-order valence-corrected chi connectivity index (χ2v) is 8.01. The van der Waals surface area contributed by atoms with Crippen molar-refractivity contribution >= 4 is 22.7 Å². The van der Waals surface area contributed by atoms with Gasteiger partial charge in [0.2, 0.25) is 11.3 Å². The molecule has 2 amide bonds. The summed E-state index contributed by atoms with van der Waals surface area (Å²) in [6.07, 6.45) is 4.34. The highest BCUT2D eigenvalue weighted by Gasteiger charge is 2.23. The van der Waals surface area contributed by atoms with Crippen LogP contribution in [0.4, 0.5) is 0 Å². The highest BCUT2D eigenvalue weighted by atomic mass is 16.2. The highest BCUT2D eigenvalue weighted by molar-refractivity contribution is 5.98. The number of aromatic amines is 1. The molecule has 33 heavy (non-hydrogen) atoms. The second-order valence-electron chi connectivity index (χ2n) is 8.01. The third-order valence-corrected chi connectivity index (χ3v) is 5.91. The molecule has 8 heteroatoms. The monoisotopic (exact) mass is 441 g/mol. The Morgan fingerprint density at radius 3 is 2.64 bits per heavy atom. The molecule has 0 radical (unpaired) electrons. The van der Waals surface area contributed by atoms with Crippen molar-refractivity contribution in [2.75, 3.05) is 6.54 Å². The van der Waals surface area contributed by atoms with Gasteiger partial charge in [-0.25, -0.2) is 4.68 Å². The maximum Gasteiger partial charge on any atom is 0.257 e. The van der Waals surface area contributed by atoms with Gasteiger partial charge in [0, 0.05) is 22.8 Å². The fourth-order valence-electron chi connectivity index (χ4n) is 4.28. The smallest absolute Gasteiger partial charge is 0.257 e. The van der Waals surface area contributed by atoms with Gasteiger partial charge >= 0.3 is 0 Å². The van der Waals surface area contributed by atoms with Crippen molar-refractivity contribution in [3.63, 3.8) is 0 Å². The van der Waals surface area contributed by atoms with Crippen LogP contribution in [0.15, 0.2) is 65.6 Å². The Hall–Kier alpha value is -4.20. The summed E-state index contributed by atoms with van der Waals surface area (Å²) in [6, 6.07) is 16.9. The van der Waals surface area contributed by atoms with Crippen molar-refractivity contribution in [3.8, 4) is 5.69 Å². The number of para-hydroxylation sites is 2. The standard InChI is InChI=1S/C25H23N5O3/c31-23(15-28-25(33)19-13-26-20-11-5-4-9-18(20)24(19)32)27-14-21-17-10-6-12-22(17)30(29-21)16-7-2-1-3-8-16/h1-5,7-9,11,13H,6,10,12,14-15H2,(H,26,32)(H,27,31)(H,28,33). The van der Waals surface area contributed by atoms with Gasteiger partial charge in [-0.3, -0.25) is 14.4 Å². The molecule has 0 spiro atoms. The molecule has 3 N–H and O–H groups in total. The molecule has 1 aliphatic rings. The normalized spacial score (nSPS) is 12.5. The SMILES string of the molecule is O=C(CNC(=O)c1c[nH]c2ccccc2c1=O)NCc1nn(-c2ccccc2)c2c1CCC2. The number of aromatic nitrogens is 3. The number of nitrogens with one attached hydrogen (secondary N) is 3. The molecular weight excluding hydrogens is 418 g/mol. The lowest BCUT2D eigenvalue weighted by molar-refractivity contribution is -0.120. The average molecular weight is 441 g/mol. The Kier molecular flexibility index (Phi) is 5.48. The van der Waals surface area contributed by atoms with Crippen molar-refractivity contribution in [1.29, 1.82) is 0 Å². The molecular formula is C25H23N5O3. The van der Waals surface area contributed by atoms with E-state index >= 15 is 0 Å². The Morgan fingerprint density at radius 1 is 1.00 bits per heavy atom. The second kappa shape index (κ2) is 8.74. The maximum absolute atomic E-state index is 12.6. The first kappa shape index (κ1) is 20.7. The zero-order valence-corrected chi connectivity index (χ0v) is 17.9. The number of carbonyl (C=O) groups excluding carboxylic acids is 2. The van der Waals surface area contributed by atoms with Crippen molar-refractivity contribution in [1.82, 2.24) is 25.4 Å². The molecule has 1 aliphatic carbocycles. The topological polar surface area (TPSA) is 109 Å². The summed E-state index contributed by atoms with van der Waals surface area (Å²) >= 11 is 0. The minimum absolute atomic E-state index is 0.0269. The number of H-pyrrole nitrogens is 1. The number of carbonyl (C=O) groups is 2. The molecule has 4 aromatic rings. The van der Waals surface area contributed by atoms with Crippen LogP contribution < -0.4 is 16.1 Å². The molecule has 0 saturated heterocycles. The van der Waals surface area contributed by atoms with Gasteiger partial charge in [-0.1, -0.05) is 30.3 Å². The lowest BCUT2D eigenvalue weighted by Gasteiger charge is -2.07. The van der Waals surface area contributed by atoms with E-state index in [2.05, 4.69) is 15.6 Å². The van der Waals surface area contributed by atoms with Gasteiger partial charge in [0.1, 0.15) is 5.56 Å². The van der Waals surface area contributed by atoms with Crippen LogP contribution in [0.25, 0.3) is 16.6 Å².